The van der Waals surface area contributed by atoms with Crippen LogP contribution in [0.2, 0.25) is 0 Å². The zero-order valence-corrected chi connectivity index (χ0v) is 12.2. The van der Waals surface area contributed by atoms with E-state index in [0.29, 0.717) is 18.6 Å². The van der Waals surface area contributed by atoms with E-state index in [1.807, 2.05) is 7.05 Å². The second-order valence-corrected chi connectivity index (χ2v) is 5.33. The minimum atomic E-state index is -0.876. The number of rotatable bonds is 3. The fourth-order valence-electron chi connectivity index (χ4n) is 2.37. The van der Waals surface area contributed by atoms with Crippen LogP contribution >= 0.6 is 0 Å². The Labute approximate surface area is 123 Å². The summed E-state index contributed by atoms with van der Waals surface area (Å²) in [6.45, 7) is 1.50. The van der Waals surface area contributed by atoms with Crippen LogP contribution in [0.1, 0.15) is 23.2 Å². The number of carbonyl (C=O) groups excluding carboxylic acids is 1. The molecule has 0 bridgehead atoms. The summed E-state index contributed by atoms with van der Waals surface area (Å²) in [4.78, 5) is 14.5. The molecule has 2 N–H and O–H groups in total. The van der Waals surface area contributed by atoms with Crippen LogP contribution in [0, 0.1) is 11.3 Å². The molecule has 1 aromatic carbocycles. The highest BCUT2D eigenvalue weighted by Crippen LogP contribution is 2.26. The summed E-state index contributed by atoms with van der Waals surface area (Å²) in [6, 6.07) is 6.65. The summed E-state index contributed by atoms with van der Waals surface area (Å²) < 4.78 is 5.05. The van der Waals surface area contributed by atoms with Gasteiger partial charge in [-0.05, 0) is 38.1 Å². The lowest BCUT2D eigenvalue weighted by molar-refractivity contribution is 0.0879. The van der Waals surface area contributed by atoms with Gasteiger partial charge >= 0.3 is 0 Å². The second kappa shape index (κ2) is 6.02. The number of phenolic OH excluding ortho intramolecular Hbond substituents is 1. The molecule has 1 amide bonds. The van der Waals surface area contributed by atoms with Gasteiger partial charge in [0.05, 0.1) is 18.7 Å². The third-order valence-corrected chi connectivity index (χ3v) is 3.86. The minimum Gasteiger partial charge on any atom is -0.507 e. The number of carbonyl (C=O) groups is 1. The number of aromatic hydroxyl groups is 1. The number of piperidine rings is 1. The maximum Gasteiger partial charge on any atom is 0.256 e. The smallest absolute Gasteiger partial charge is 0.256 e. The van der Waals surface area contributed by atoms with Gasteiger partial charge in [0, 0.05) is 13.1 Å². The molecule has 1 fully saturated rings. The summed E-state index contributed by atoms with van der Waals surface area (Å²) in [5, 5.41) is 22.0. The number of nitriles is 1. The van der Waals surface area contributed by atoms with E-state index < -0.39 is 11.4 Å². The maximum atomic E-state index is 12.4. The van der Waals surface area contributed by atoms with Gasteiger partial charge in [0.1, 0.15) is 17.0 Å². The first-order valence-corrected chi connectivity index (χ1v) is 6.79. The molecule has 0 radical (unpaired) electrons. The van der Waals surface area contributed by atoms with Gasteiger partial charge in [-0.3, -0.25) is 4.79 Å². The number of benzene rings is 1. The Hall–Kier alpha value is -2.26. The molecular weight excluding hydrogens is 270 g/mol. The van der Waals surface area contributed by atoms with Crippen LogP contribution in [0.15, 0.2) is 18.2 Å². The van der Waals surface area contributed by atoms with Crippen molar-refractivity contribution in [2.75, 3.05) is 27.2 Å². The monoisotopic (exact) mass is 289 g/mol. The molecule has 0 saturated carbocycles. The van der Waals surface area contributed by atoms with E-state index in [9.17, 15) is 15.2 Å². The molecule has 0 aliphatic carbocycles. The van der Waals surface area contributed by atoms with E-state index in [1.54, 1.807) is 6.07 Å². The maximum absolute atomic E-state index is 12.4. The van der Waals surface area contributed by atoms with Crippen molar-refractivity contribution in [3.8, 4) is 17.6 Å². The molecular formula is C15H19N3O3. The minimum absolute atomic E-state index is 0.114. The molecule has 0 aromatic heterocycles. The van der Waals surface area contributed by atoms with E-state index in [0.717, 1.165) is 13.1 Å². The molecule has 1 saturated heterocycles. The number of likely N-dealkylation sites (tertiary alicyclic amines) is 1. The quantitative estimate of drug-likeness (QED) is 0.871. The van der Waals surface area contributed by atoms with Crippen LogP contribution in [0.4, 0.5) is 0 Å². The molecule has 0 atom stereocenters. The van der Waals surface area contributed by atoms with Crippen molar-refractivity contribution in [3.63, 3.8) is 0 Å². The second-order valence-electron chi connectivity index (χ2n) is 5.33. The van der Waals surface area contributed by atoms with Gasteiger partial charge < -0.3 is 20.1 Å². The predicted molar refractivity (Wildman–Crippen MR) is 77.2 cm³/mol. The Bertz CT molecular complexity index is 572. The lowest BCUT2D eigenvalue weighted by atomic mass is 9.89. The van der Waals surface area contributed by atoms with Crippen LogP contribution in [-0.2, 0) is 0 Å². The highest BCUT2D eigenvalue weighted by molar-refractivity contribution is 5.97. The van der Waals surface area contributed by atoms with Gasteiger partial charge in [-0.15, -0.1) is 0 Å². The van der Waals surface area contributed by atoms with Gasteiger partial charge in [0.25, 0.3) is 5.91 Å². The molecule has 0 unspecified atom stereocenters. The Balaban J connectivity index is 2.19. The van der Waals surface area contributed by atoms with E-state index in [2.05, 4.69) is 16.3 Å². The van der Waals surface area contributed by atoms with E-state index in [-0.39, 0.29) is 11.3 Å². The van der Waals surface area contributed by atoms with Crippen LogP contribution in [0.25, 0.3) is 0 Å². The van der Waals surface area contributed by atoms with Crippen molar-refractivity contribution in [3.05, 3.63) is 23.8 Å². The fraction of sp³-hybridized carbons (Fsp3) is 0.467. The number of phenols is 1. The Morgan fingerprint density at radius 3 is 2.71 bits per heavy atom. The van der Waals surface area contributed by atoms with Crippen molar-refractivity contribution >= 4 is 5.91 Å². The third kappa shape index (κ3) is 3.26. The van der Waals surface area contributed by atoms with Gasteiger partial charge in [-0.2, -0.15) is 5.26 Å². The number of hydrogen-bond donors (Lipinski definition) is 2. The summed E-state index contributed by atoms with van der Waals surface area (Å²) in [5.74, 6) is -0.112. The highest BCUT2D eigenvalue weighted by atomic mass is 16.5. The van der Waals surface area contributed by atoms with Gasteiger partial charge in [0.15, 0.2) is 0 Å². The summed E-state index contributed by atoms with van der Waals surface area (Å²) in [7, 11) is 3.47. The average molecular weight is 289 g/mol. The largest absolute Gasteiger partial charge is 0.507 e. The number of amides is 1. The lowest BCUT2D eigenvalue weighted by Gasteiger charge is -2.36. The Kier molecular flexibility index (Phi) is 4.34. The van der Waals surface area contributed by atoms with Crippen LogP contribution in [0.3, 0.4) is 0 Å². The zero-order valence-electron chi connectivity index (χ0n) is 12.2. The molecule has 21 heavy (non-hydrogen) atoms. The van der Waals surface area contributed by atoms with Crippen molar-refractivity contribution < 1.29 is 14.6 Å². The number of hydrogen-bond acceptors (Lipinski definition) is 5. The molecule has 1 aliphatic heterocycles. The number of nitrogens with one attached hydrogen (secondary N) is 1. The molecule has 6 nitrogen and oxygen atoms in total. The van der Waals surface area contributed by atoms with E-state index in [4.69, 9.17) is 4.74 Å². The molecule has 6 heteroatoms. The highest BCUT2D eigenvalue weighted by Gasteiger charge is 2.36. The molecule has 1 aliphatic rings. The SMILES string of the molecule is COc1ccc(O)c(C(=O)NC2(C#N)CCN(C)CC2)c1. The summed E-state index contributed by atoms with van der Waals surface area (Å²) in [5.41, 5.74) is -0.762. The first-order valence-electron chi connectivity index (χ1n) is 6.79. The lowest BCUT2D eigenvalue weighted by Crippen LogP contribution is -2.53. The van der Waals surface area contributed by atoms with Crippen LogP contribution < -0.4 is 10.1 Å². The Morgan fingerprint density at radius 1 is 1.48 bits per heavy atom. The fourth-order valence-corrected chi connectivity index (χ4v) is 2.37. The van der Waals surface area contributed by atoms with Crippen molar-refractivity contribution in [1.29, 1.82) is 5.26 Å². The molecule has 112 valence electrons. The number of nitrogens with zero attached hydrogens (tertiary/aromatic N) is 2. The standard InChI is InChI=1S/C15H19N3O3/c1-18-7-5-15(10-16,6-8-18)17-14(20)12-9-11(21-2)3-4-13(12)19/h3-4,9,19H,5-8H2,1-2H3,(H,17,20). The summed E-state index contributed by atoms with van der Waals surface area (Å²) in [6.07, 6.45) is 1.13. The van der Waals surface area contributed by atoms with Crippen molar-refractivity contribution in [1.82, 2.24) is 10.2 Å². The molecule has 2 rings (SSSR count). The van der Waals surface area contributed by atoms with Crippen LogP contribution in [0.5, 0.6) is 11.5 Å². The zero-order chi connectivity index (χ0) is 15.5. The van der Waals surface area contributed by atoms with E-state index >= 15 is 0 Å². The van der Waals surface area contributed by atoms with Crippen LogP contribution in [-0.4, -0.2) is 48.7 Å². The van der Waals surface area contributed by atoms with Gasteiger partial charge in [-0.25, -0.2) is 0 Å². The molecule has 1 heterocycles. The van der Waals surface area contributed by atoms with E-state index in [1.165, 1.54) is 19.2 Å². The average Bonchev–Trinajstić information content (AvgIpc) is 2.50. The number of ether oxygens (including phenoxy) is 1. The first kappa shape index (κ1) is 15.1. The molecule has 0 spiro atoms. The first-order chi connectivity index (χ1) is 9.99. The van der Waals surface area contributed by atoms with Gasteiger partial charge in [-0.1, -0.05) is 0 Å². The number of methoxy groups -OCH3 is 1. The van der Waals surface area contributed by atoms with Crippen molar-refractivity contribution in [2.45, 2.75) is 18.4 Å². The third-order valence-electron chi connectivity index (χ3n) is 3.86. The molecule has 1 aromatic rings. The Morgan fingerprint density at radius 2 is 2.14 bits per heavy atom. The topological polar surface area (TPSA) is 85.6 Å². The van der Waals surface area contributed by atoms with Gasteiger partial charge in [0.2, 0.25) is 0 Å². The summed E-state index contributed by atoms with van der Waals surface area (Å²) >= 11 is 0. The normalized spacial score (nSPS) is 17.8. The van der Waals surface area contributed by atoms with Crippen molar-refractivity contribution in [2.24, 2.45) is 0 Å². The predicted octanol–water partition coefficient (Wildman–Crippen LogP) is 1.12.